The summed E-state index contributed by atoms with van der Waals surface area (Å²) in [5, 5.41) is 0. The quantitative estimate of drug-likeness (QED) is 0.696. The summed E-state index contributed by atoms with van der Waals surface area (Å²) in [5.74, 6) is 1.51. The molecule has 0 bridgehead atoms. The van der Waals surface area contributed by atoms with Crippen molar-refractivity contribution in [2.75, 3.05) is 46.5 Å². The Labute approximate surface area is 154 Å². The van der Waals surface area contributed by atoms with Crippen LogP contribution in [0.1, 0.15) is 26.2 Å². The Morgan fingerprint density at radius 3 is 2.35 bits per heavy atom. The molecule has 1 aliphatic rings. The molecular weight excluding hydrogens is 336 g/mol. The van der Waals surface area contributed by atoms with Gasteiger partial charge >= 0.3 is 6.09 Å². The first-order valence-electron chi connectivity index (χ1n) is 9.11. The maximum Gasteiger partial charge on any atom is 0.409 e. The Morgan fingerprint density at radius 2 is 1.65 bits per heavy atom. The summed E-state index contributed by atoms with van der Waals surface area (Å²) >= 11 is 0. The lowest BCUT2D eigenvalue weighted by atomic mass is 10.2. The zero-order valence-electron chi connectivity index (χ0n) is 15.6. The maximum absolute atomic E-state index is 12.4. The van der Waals surface area contributed by atoms with Crippen LogP contribution in [-0.4, -0.2) is 68.3 Å². The third-order valence-electron chi connectivity index (χ3n) is 4.22. The molecule has 26 heavy (non-hydrogen) atoms. The number of benzene rings is 1. The number of hydrogen-bond acceptors (Lipinski definition) is 5. The summed E-state index contributed by atoms with van der Waals surface area (Å²) < 4.78 is 16.0. The first kappa shape index (κ1) is 19.9. The molecule has 7 heteroatoms. The molecule has 0 spiro atoms. The number of hydrogen-bond donors (Lipinski definition) is 0. The minimum Gasteiger partial charge on any atom is -0.490 e. The predicted octanol–water partition coefficient (Wildman–Crippen LogP) is 2.55. The van der Waals surface area contributed by atoms with E-state index in [0.29, 0.717) is 58.0 Å². The fraction of sp³-hybridized carbons (Fsp3) is 0.579. The van der Waals surface area contributed by atoms with Gasteiger partial charge in [-0.2, -0.15) is 0 Å². The van der Waals surface area contributed by atoms with Gasteiger partial charge in [0.15, 0.2) is 11.5 Å². The monoisotopic (exact) mass is 364 g/mol. The van der Waals surface area contributed by atoms with E-state index in [2.05, 4.69) is 0 Å². The highest BCUT2D eigenvalue weighted by Crippen LogP contribution is 2.26. The van der Waals surface area contributed by atoms with Gasteiger partial charge in [-0.15, -0.1) is 0 Å². The van der Waals surface area contributed by atoms with Crippen LogP contribution in [0.15, 0.2) is 24.3 Å². The largest absolute Gasteiger partial charge is 0.490 e. The lowest BCUT2D eigenvalue weighted by molar-refractivity contribution is -0.131. The first-order valence-corrected chi connectivity index (χ1v) is 9.11. The molecule has 144 valence electrons. The highest BCUT2D eigenvalue weighted by molar-refractivity contribution is 5.76. The van der Waals surface area contributed by atoms with Crippen molar-refractivity contribution >= 4 is 12.0 Å². The molecule has 1 heterocycles. The van der Waals surface area contributed by atoms with Crippen LogP contribution in [0.25, 0.3) is 0 Å². The van der Waals surface area contributed by atoms with E-state index >= 15 is 0 Å². The summed E-state index contributed by atoms with van der Waals surface area (Å²) in [4.78, 5) is 27.4. The van der Waals surface area contributed by atoms with Crippen molar-refractivity contribution < 1.29 is 23.8 Å². The second kappa shape index (κ2) is 10.5. The van der Waals surface area contributed by atoms with Gasteiger partial charge in [-0.1, -0.05) is 12.1 Å². The van der Waals surface area contributed by atoms with Crippen molar-refractivity contribution in [1.29, 1.82) is 0 Å². The van der Waals surface area contributed by atoms with Gasteiger partial charge in [0.25, 0.3) is 0 Å². The lowest BCUT2D eigenvalue weighted by Gasteiger charge is -2.21. The van der Waals surface area contributed by atoms with Gasteiger partial charge in [0.1, 0.15) is 0 Å². The summed E-state index contributed by atoms with van der Waals surface area (Å²) in [6.45, 7) is 5.30. The third kappa shape index (κ3) is 5.82. The molecule has 1 fully saturated rings. The Kier molecular flexibility index (Phi) is 8.05. The molecule has 0 unspecified atom stereocenters. The Hall–Kier alpha value is -2.44. The van der Waals surface area contributed by atoms with Crippen LogP contribution in [0.2, 0.25) is 0 Å². The maximum atomic E-state index is 12.4. The van der Waals surface area contributed by atoms with Gasteiger partial charge in [0.2, 0.25) is 5.91 Å². The molecule has 0 aliphatic carbocycles. The fourth-order valence-electron chi connectivity index (χ4n) is 2.89. The van der Waals surface area contributed by atoms with Crippen LogP contribution in [0.3, 0.4) is 0 Å². The van der Waals surface area contributed by atoms with E-state index in [1.54, 1.807) is 4.90 Å². The molecule has 1 aliphatic heterocycles. The molecule has 2 rings (SSSR count). The molecule has 0 radical (unpaired) electrons. The van der Waals surface area contributed by atoms with Gasteiger partial charge in [-0.05, 0) is 31.9 Å². The molecule has 7 nitrogen and oxygen atoms in total. The van der Waals surface area contributed by atoms with E-state index in [-0.39, 0.29) is 12.0 Å². The standard InChI is InChI=1S/C19H28N2O5/c1-3-25-16-8-4-5-9-17(16)26-15-6-10-18(22)20-11-7-12-21(14-13-20)19(23)24-2/h4-5,8-9H,3,6-7,10-15H2,1-2H3. The Balaban J connectivity index is 1.73. The number of carbonyl (C=O) groups excluding carboxylic acids is 2. The van der Waals surface area contributed by atoms with Crippen molar-refractivity contribution in [3.63, 3.8) is 0 Å². The fourth-order valence-corrected chi connectivity index (χ4v) is 2.89. The highest BCUT2D eigenvalue weighted by atomic mass is 16.5. The number of nitrogens with zero attached hydrogens (tertiary/aromatic N) is 2. The van der Waals surface area contributed by atoms with Crippen molar-refractivity contribution in [2.24, 2.45) is 0 Å². The van der Waals surface area contributed by atoms with Crippen LogP contribution in [0, 0.1) is 0 Å². The van der Waals surface area contributed by atoms with E-state index in [1.807, 2.05) is 36.1 Å². The first-order chi connectivity index (χ1) is 12.7. The topological polar surface area (TPSA) is 68.3 Å². The molecule has 0 saturated carbocycles. The van der Waals surface area contributed by atoms with E-state index in [0.717, 1.165) is 12.2 Å². The highest BCUT2D eigenvalue weighted by Gasteiger charge is 2.22. The van der Waals surface area contributed by atoms with Gasteiger partial charge in [-0.3, -0.25) is 4.79 Å². The van der Waals surface area contributed by atoms with E-state index in [9.17, 15) is 9.59 Å². The van der Waals surface area contributed by atoms with Gasteiger partial charge in [0, 0.05) is 32.6 Å². The van der Waals surface area contributed by atoms with Gasteiger partial charge in [0.05, 0.1) is 20.3 Å². The van der Waals surface area contributed by atoms with Crippen LogP contribution in [0.5, 0.6) is 11.5 Å². The van der Waals surface area contributed by atoms with Gasteiger partial charge < -0.3 is 24.0 Å². The average molecular weight is 364 g/mol. The Bertz CT molecular complexity index is 593. The van der Waals surface area contributed by atoms with Crippen molar-refractivity contribution in [1.82, 2.24) is 9.80 Å². The van der Waals surface area contributed by atoms with Gasteiger partial charge in [-0.25, -0.2) is 4.79 Å². The summed E-state index contributed by atoms with van der Waals surface area (Å²) in [7, 11) is 1.37. The minimum absolute atomic E-state index is 0.0957. The normalized spacial score (nSPS) is 14.5. The zero-order valence-corrected chi connectivity index (χ0v) is 15.6. The second-order valence-electron chi connectivity index (χ2n) is 6.02. The Morgan fingerprint density at radius 1 is 1.00 bits per heavy atom. The zero-order chi connectivity index (χ0) is 18.8. The van der Waals surface area contributed by atoms with Crippen LogP contribution >= 0.6 is 0 Å². The SMILES string of the molecule is CCOc1ccccc1OCCCC(=O)N1CCCN(C(=O)OC)CC1. The van der Waals surface area contributed by atoms with Crippen LogP contribution in [-0.2, 0) is 9.53 Å². The van der Waals surface area contributed by atoms with Crippen LogP contribution < -0.4 is 9.47 Å². The number of amides is 2. The van der Waals surface area contributed by atoms with Crippen molar-refractivity contribution in [2.45, 2.75) is 26.2 Å². The summed E-state index contributed by atoms with van der Waals surface area (Å²) in [5.41, 5.74) is 0. The molecule has 2 amide bonds. The number of methoxy groups -OCH3 is 1. The van der Waals surface area contributed by atoms with E-state index < -0.39 is 0 Å². The number of ether oxygens (including phenoxy) is 3. The molecule has 0 aromatic heterocycles. The van der Waals surface area contributed by atoms with E-state index in [4.69, 9.17) is 14.2 Å². The number of rotatable bonds is 7. The molecule has 1 saturated heterocycles. The molecule has 0 N–H and O–H groups in total. The molecule has 1 aromatic rings. The summed E-state index contributed by atoms with van der Waals surface area (Å²) in [6.07, 6.45) is 1.49. The summed E-state index contributed by atoms with van der Waals surface area (Å²) in [6, 6.07) is 7.53. The molecular formula is C19H28N2O5. The van der Waals surface area contributed by atoms with Crippen molar-refractivity contribution in [3.8, 4) is 11.5 Å². The van der Waals surface area contributed by atoms with E-state index in [1.165, 1.54) is 7.11 Å². The van der Waals surface area contributed by atoms with Crippen LogP contribution in [0.4, 0.5) is 4.79 Å². The second-order valence-corrected chi connectivity index (χ2v) is 6.02. The average Bonchev–Trinajstić information content (AvgIpc) is 2.92. The number of para-hydroxylation sites is 2. The van der Waals surface area contributed by atoms with Crippen molar-refractivity contribution in [3.05, 3.63) is 24.3 Å². The minimum atomic E-state index is -0.333. The smallest absolute Gasteiger partial charge is 0.409 e. The molecule has 1 aromatic carbocycles. The molecule has 0 atom stereocenters. The third-order valence-corrected chi connectivity index (χ3v) is 4.22. The number of carbonyl (C=O) groups is 2. The lowest BCUT2D eigenvalue weighted by Crippen LogP contribution is -2.37. The predicted molar refractivity (Wildman–Crippen MR) is 97.5 cm³/mol.